The van der Waals surface area contributed by atoms with E-state index in [1.807, 2.05) is 24.3 Å². The molecule has 2 aliphatic rings. The van der Waals surface area contributed by atoms with Gasteiger partial charge in [-0.3, -0.25) is 9.69 Å². The van der Waals surface area contributed by atoms with Crippen molar-refractivity contribution in [3.8, 4) is 0 Å². The second-order valence-electron chi connectivity index (χ2n) is 6.08. The minimum absolute atomic E-state index is 0. The summed E-state index contributed by atoms with van der Waals surface area (Å²) in [6.45, 7) is 1.67. The number of hydrogen-bond acceptors (Lipinski definition) is 3. The van der Waals surface area contributed by atoms with Crippen molar-refractivity contribution in [1.29, 1.82) is 0 Å². The van der Waals surface area contributed by atoms with E-state index in [1.54, 1.807) is 4.90 Å². The molecule has 1 saturated heterocycles. The van der Waals surface area contributed by atoms with Gasteiger partial charge in [-0.2, -0.15) is 0 Å². The van der Waals surface area contributed by atoms with Crippen LogP contribution in [0.3, 0.4) is 0 Å². The van der Waals surface area contributed by atoms with Crippen LogP contribution in [0.4, 0.5) is 16.2 Å². The molecule has 0 bridgehead atoms. The summed E-state index contributed by atoms with van der Waals surface area (Å²) in [4.78, 5) is 26.0. The lowest BCUT2D eigenvalue weighted by Crippen LogP contribution is -2.40. The number of amides is 3. The Morgan fingerprint density at radius 3 is 2.70 bits per heavy atom. The van der Waals surface area contributed by atoms with Gasteiger partial charge in [0.25, 0.3) is 0 Å². The van der Waals surface area contributed by atoms with Gasteiger partial charge in [-0.1, -0.05) is 18.9 Å². The van der Waals surface area contributed by atoms with Gasteiger partial charge in [0.1, 0.15) is 0 Å². The van der Waals surface area contributed by atoms with Crippen molar-refractivity contribution in [3.63, 3.8) is 0 Å². The molecular formula is C16H23ClN4O2. The van der Waals surface area contributed by atoms with Crippen LogP contribution in [0, 0.1) is 5.41 Å². The van der Waals surface area contributed by atoms with Gasteiger partial charge in [-0.25, -0.2) is 4.79 Å². The summed E-state index contributed by atoms with van der Waals surface area (Å²) >= 11 is 0. The second-order valence-corrected chi connectivity index (χ2v) is 6.08. The fourth-order valence-corrected chi connectivity index (χ4v) is 3.31. The fraction of sp³-hybridized carbons (Fsp3) is 0.500. The van der Waals surface area contributed by atoms with Crippen molar-refractivity contribution < 1.29 is 9.59 Å². The normalized spacial score (nSPS) is 19.2. The number of nitrogens with zero attached hydrogens (tertiary/aromatic N) is 1. The number of nitrogens with one attached hydrogen (secondary N) is 2. The predicted octanol–water partition coefficient (Wildman–Crippen LogP) is 2.10. The van der Waals surface area contributed by atoms with Gasteiger partial charge in [0.2, 0.25) is 5.91 Å². The quantitative estimate of drug-likeness (QED) is 0.785. The molecule has 4 N–H and O–H groups in total. The third kappa shape index (κ3) is 3.43. The molecule has 0 radical (unpaired) electrons. The van der Waals surface area contributed by atoms with Crippen molar-refractivity contribution in [3.05, 3.63) is 24.3 Å². The number of carbonyl (C=O) groups excluding carboxylic acids is 2. The summed E-state index contributed by atoms with van der Waals surface area (Å²) in [7, 11) is 0. The van der Waals surface area contributed by atoms with Crippen molar-refractivity contribution >= 4 is 35.7 Å². The Balaban J connectivity index is 0.00000192. The number of halogens is 1. The molecule has 6 nitrogen and oxygen atoms in total. The van der Waals surface area contributed by atoms with Gasteiger partial charge >= 0.3 is 6.03 Å². The molecule has 0 spiro atoms. The summed E-state index contributed by atoms with van der Waals surface area (Å²) in [6, 6.07) is 7.30. The van der Waals surface area contributed by atoms with Crippen molar-refractivity contribution in [2.24, 2.45) is 11.1 Å². The Morgan fingerprint density at radius 2 is 2.09 bits per heavy atom. The van der Waals surface area contributed by atoms with Crippen LogP contribution < -0.4 is 21.3 Å². The molecule has 1 aromatic rings. The molecule has 3 rings (SSSR count). The van der Waals surface area contributed by atoms with E-state index in [0.717, 1.165) is 31.4 Å². The van der Waals surface area contributed by atoms with E-state index >= 15 is 0 Å². The van der Waals surface area contributed by atoms with Crippen molar-refractivity contribution in [1.82, 2.24) is 5.32 Å². The third-order valence-corrected chi connectivity index (χ3v) is 4.71. The molecule has 23 heavy (non-hydrogen) atoms. The minimum Gasteiger partial charge on any atom is -0.336 e. The Hall–Kier alpha value is -1.79. The average molecular weight is 339 g/mol. The average Bonchev–Trinajstić information content (AvgIpc) is 3.17. The zero-order chi connectivity index (χ0) is 15.6. The third-order valence-electron chi connectivity index (χ3n) is 4.71. The maximum absolute atomic E-state index is 12.6. The van der Waals surface area contributed by atoms with Crippen LogP contribution in [-0.2, 0) is 4.79 Å². The van der Waals surface area contributed by atoms with Gasteiger partial charge in [0, 0.05) is 31.0 Å². The highest BCUT2D eigenvalue weighted by molar-refractivity contribution is 5.98. The first kappa shape index (κ1) is 17.6. The Bertz CT molecular complexity index is 587. The maximum atomic E-state index is 12.6. The summed E-state index contributed by atoms with van der Waals surface area (Å²) in [5.74, 6) is -0.00414. The molecule has 1 aliphatic heterocycles. The smallest absolute Gasteiger partial charge is 0.321 e. The second kappa shape index (κ2) is 7.19. The van der Waals surface area contributed by atoms with Crippen LogP contribution in [0.2, 0.25) is 0 Å². The first-order chi connectivity index (χ1) is 10.6. The summed E-state index contributed by atoms with van der Waals surface area (Å²) in [5, 5.41) is 5.75. The number of nitrogens with two attached hydrogens (primary N) is 1. The maximum Gasteiger partial charge on any atom is 0.321 e. The van der Waals surface area contributed by atoms with Gasteiger partial charge in [0.15, 0.2) is 0 Å². The lowest BCUT2D eigenvalue weighted by molar-refractivity contribution is -0.124. The van der Waals surface area contributed by atoms with Gasteiger partial charge < -0.3 is 16.4 Å². The van der Waals surface area contributed by atoms with E-state index in [-0.39, 0.29) is 24.3 Å². The molecule has 126 valence electrons. The van der Waals surface area contributed by atoms with E-state index in [4.69, 9.17) is 5.73 Å². The first-order valence-electron chi connectivity index (χ1n) is 7.82. The first-order valence-corrected chi connectivity index (χ1v) is 7.82. The van der Waals surface area contributed by atoms with Crippen molar-refractivity contribution in [2.75, 3.05) is 29.9 Å². The fourth-order valence-electron chi connectivity index (χ4n) is 3.31. The predicted molar refractivity (Wildman–Crippen MR) is 93.0 cm³/mol. The Kier molecular flexibility index (Phi) is 5.49. The Morgan fingerprint density at radius 1 is 1.35 bits per heavy atom. The van der Waals surface area contributed by atoms with Gasteiger partial charge in [-0.15, -0.1) is 12.4 Å². The molecule has 1 aromatic carbocycles. The highest BCUT2D eigenvalue weighted by Gasteiger charge is 2.39. The summed E-state index contributed by atoms with van der Waals surface area (Å²) in [5.41, 5.74) is 6.92. The molecule has 0 atom stereocenters. The van der Waals surface area contributed by atoms with Crippen LogP contribution in [0.1, 0.15) is 25.7 Å². The summed E-state index contributed by atoms with van der Waals surface area (Å²) < 4.78 is 0. The van der Waals surface area contributed by atoms with Crippen LogP contribution in [0.25, 0.3) is 0 Å². The molecule has 1 saturated carbocycles. The van der Waals surface area contributed by atoms with Crippen LogP contribution in [-0.4, -0.2) is 31.6 Å². The van der Waals surface area contributed by atoms with E-state index in [9.17, 15) is 9.59 Å². The van der Waals surface area contributed by atoms with Crippen LogP contribution in [0.5, 0.6) is 0 Å². The zero-order valence-electron chi connectivity index (χ0n) is 13.0. The van der Waals surface area contributed by atoms with E-state index in [2.05, 4.69) is 10.6 Å². The number of anilines is 2. The molecule has 3 amide bonds. The number of benzene rings is 1. The lowest BCUT2D eigenvalue weighted by atomic mass is 9.85. The summed E-state index contributed by atoms with van der Waals surface area (Å²) in [6.07, 6.45) is 3.81. The lowest BCUT2D eigenvalue weighted by Gasteiger charge is -2.26. The molecule has 1 heterocycles. The van der Waals surface area contributed by atoms with Crippen molar-refractivity contribution in [2.45, 2.75) is 25.7 Å². The number of urea groups is 1. The van der Waals surface area contributed by atoms with E-state index in [0.29, 0.717) is 25.3 Å². The van der Waals surface area contributed by atoms with Crippen LogP contribution >= 0.6 is 12.4 Å². The van der Waals surface area contributed by atoms with Crippen LogP contribution in [0.15, 0.2) is 24.3 Å². The number of hydrogen-bond donors (Lipinski definition) is 3. The Labute approximate surface area is 142 Å². The topological polar surface area (TPSA) is 87.5 Å². The van der Waals surface area contributed by atoms with Gasteiger partial charge in [-0.05, 0) is 31.0 Å². The number of rotatable bonds is 4. The molecule has 2 fully saturated rings. The minimum atomic E-state index is -0.430. The monoisotopic (exact) mass is 338 g/mol. The van der Waals surface area contributed by atoms with Gasteiger partial charge in [0.05, 0.1) is 5.41 Å². The molecule has 0 unspecified atom stereocenters. The molecule has 7 heteroatoms. The highest BCUT2D eigenvalue weighted by Crippen LogP contribution is 2.38. The highest BCUT2D eigenvalue weighted by atomic mass is 35.5. The zero-order valence-corrected chi connectivity index (χ0v) is 13.8. The van der Waals surface area contributed by atoms with E-state index < -0.39 is 5.41 Å². The molecular weight excluding hydrogens is 316 g/mol. The standard InChI is InChI=1S/C16H22N4O2.ClH/c17-11-16(6-1-2-7-16)14(21)19-12-4-3-5-13(10-12)20-9-8-18-15(20)22;/h3-5,10H,1-2,6-9,11,17H2,(H,18,22)(H,19,21);1H. The molecule has 0 aromatic heterocycles. The van der Waals surface area contributed by atoms with E-state index in [1.165, 1.54) is 0 Å². The molecule has 1 aliphatic carbocycles. The SMILES string of the molecule is Cl.NCC1(C(=O)Nc2cccc(N3CCNC3=O)c2)CCCC1. The largest absolute Gasteiger partial charge is 0.336 e. The number of carbonyl (C=O) groups is 2.